The second-order valence-electron chi connectivity index (χ2n) is 9.91. The van der Waals surface area contributed by atoms with Gasteiger partial charge in [0.25, 0.3) is 0 Å². The van der Waals surface area contributed by atoms with E-state index in [1.807, 2.05) is 0 Å². The van der Waals surface area contributed by atoms with E-state index in [4.69, 9.17) is 0 Å². The molecule has 2 N–H and O–H groups in total. The molecule has 132 valence electrons. The highest BCUT2D eigenvalue weighted by atomic mass is 16.3. The molecule has 0 aromatic carbocycles. The van der Waals surface area contributed by atoms with Crippen molar-refractivity contribution in [2.75, 3.05) is 0 Å². The summed E-state index contributed by atoms with van der Waals surface area (Å²) < 4.78 is 0. The van der Waals surface area contributed by atoms with E-state index in [0.717, 1.165) is 31.1 Å². The molecule has 24 heavy (non-hydrogen) atoms. The average molecular weight is 329 g/mol. The van der Waals surface area contributed by atoms with Crippen LogP contribution in [0.3, 0.4) is 0 Å². The summed E-state index contributed by atoms with van der Waals surface area (Å²) in [5, 5.41) is 13.7. The van der Waals surface area contributed by atoms with Crippen LogP contribution in [0.25, 0.3) is 0 Å². The predicted molar refractivity (Wildman–Crippen MR) is 93.4 cm³/mol. The molecule has 4 aliphatic carbocycles. The summed E-state index contributed by atoms with van der Waals surface area (Å²) in [6.07, 6.45) is 10.2. The molecule has 5 aliphatic rings. The molecule has 4 fully saturated rings. The third kappa shape index (κ3) is 1.60. The van der Waals surface area contributed by atoms with Crippen molar-refractivity contribution in [3.05, 3.63) is 11.6 Å². The van der Waals surface area contributed by atoms with Crippen LogP contribution in [0.5, 0.6) is 0 Å². The van der Waals surface area contributed by atoms with Crippen molar-refractivity contribution in [3.8, 4) is 0 Å². The number of nitrogens with one attached hydrogen (secondary N) is 1. The van der Waals surface area contributed by atoms with Crippen LogP contribution in [0.4, 0.5) is 0 Å². The van der Waals surface area contributed by atoms with Crippen LogP contribution in [0.1, 0.15) is 65.7 Å². The Kier molecular flexibility index (Phi) is 2.94. The number of fused-ring (bicyclic) bond motifs is 7. The summed E-state index contributed by atoms with van der Waals surface area (Å²) >= 11 is 0. The van der Waals surface area contributed by atoms with Crippen molar-refractivity contribution in [2.24, 2.45) is 28.6 Å². The van der Waals surface area contributed by atoms with Crippen LogP contribution in [0.15, 0.2) is 11.6 Å². The Morgan fingerprint density at radius 2 is 2.04 bits per heavy atom. The van der Waals surface area contributed by atoms with Crippen LogP contribution in [-0.2, 0) is 4.79 Å². The Labute approximate surface area is 145 Å². The first-order valence-electron chi connectivity index (χ1n) is 9.99. The summed E-state index contributed by atoms with van der Waals surface area (Å²) in [5.41, 5.74) is 1.79. The Hall–Kier alpha value is -0.670. The van der Waals surface area contributed by atoms with Crippen LogP contribution >= 0.6 is 0 Å². The van der Waals surface area contributed by atoms with E-state index in [-0.39, 0.29) is 17.1 Å². The van der Waals surface area contributed by atoms with Crippen molar-refractivity contribution < 1.29 is 9.90 Å². The summed E-state index contributed by atoms with van der Waals surface area (Å²) in [6.45, 7) is 6.68. The van der Waals surface area contributed by atoms with Gasteiger partial charge < -0.3 is 5.11 Å². The first-order valence-corrected chi connectivity index (χ1v) is 9.99. The fourth-order valence-corrected chi connectivity index (χ4v) is 7.92. The Bertz CT molecular complexity index is 642. The molecule has 3 nitrogen and oxygen atoms in total. The first kappa shape index (κ1) is 15.6. The topological polar surface area (TPSA) is 59.2 Å². The second-order valence-corrected chi connectivity index (χ2v) is 9.91. The van der Waals surface area contributed by atoms with Gasteiger partial charge in [0.05, 0.1) is 11.6 Å². The number of hydrogen-bond donors (Lipinski definition) is 2. The molecule has 0 amide bonds. The van der Waals surface area contributed by atoms with Gasteiger partial charge in [0.1, 0.15) is 0 Å². The lowest BCUT2D eigenvalue weighted by Gasteiger charge is -2.58. The lowest BCUT2D eigenvalue weighted by atomic mass is 9.46. The Morgan fingerprint density at radius 1 is 1.25 bits per heavy atom. The van der Waals surface area contributed by atoms with E-state index in [2.05, 4.69) is 25.2 Å². The molecule has 1 saturated heterocycles. The van der Waals surface area contributed by atoms with Crippen molar-refractivity contribution in [2.45, 2.75) is 83.4 Å². The molecule has 0 spiro atoms. The van der Waals surface area contributed by atoms with E-state index in [1.165, 1.54) is 31.3 Å². The standard InChI is InChI=1S/C21H31NO2/c1-12(23)21-18(22-21)11-17-15-5-4-13-10-14(24)6-8-19(13,2)16(15)7-9-20(17,21)3/h4,14-18,22,24H,5-11H2,1-3H3/t14-,15-,16+,17+,18+,19-,20+,21-/m0/s1. The fraction of sp³-hybridized carbons (Fsp3) is 0.857. The highest BCUT2D eigenvalue weighted by Gasteiger charge is 2.77. The van der Waals surface area contributed by atoms with Gasteiger partial charge in [-0.3, -0.25) is 10.1 Å². The molecule has 0 unspecified atom stereocenters. The van der Waals surface area contributed by atoms with Gasteiger partial charge in [-0.2, -0.15) is 0 Å². The number of rotatable bonds is 1. The van der Waals surface area contributed by atoms with Gasteiger partial charge in [0.2, 0.25) is 0 Å². The van der Waals surface area contributed by atoms with E-state index in [1.54, 1.807) is 6.92 Å². The molecule has 0 bridgehead atoms. The number of piperidine rings is 1. The van der Waals surface area contributed by atoms with Crippen molar-refractivity contribution in [1.82, 2.24) is 5.32 Å². The first-order chi connectivity index (χ1) is 11.3. The highest BCUT2D eigenvalue weighted by molar-refractivity contribution is 5.92. The molecule has 1 aliphatic heterocycles. The zero-order valence-corrected chi connectivity index (χ0v) is 15.3. The largest absolute Gasteiger partial charge is 0.393 e. The highest BCUT2D eigenvalue weighted by Crippen LogP contribution is 2.70. The van der Waals surface area contributed by atoms with E-state index in [9.17, 15) is 9.90 Å². The molecule has 8 atom stereocenters. The average Bonchev–Trinajstić information content (AvgIpc) is 3.21. The number of ketones is 1. The molecule has 0 aromatic rings. The summed E-state index contributed by atoms with van der Waals surface area (Å²) in [5.74, 6) is 2.55. The van der Waals surface area contributed by atoms with Crippen molar-refractivity contribution >= 4 is 5.78 Å². The Morgan fingerprint density at radius 3 is 2.79 bits per heavy atom. The number of aliphatic hydroxyl groups is 1. The molecule has 1 heterocycles. The van der Waals surface area contributed by atoms with Gasteiger partial charge >= 0.3 is 0 Å². The van der Waals surface area contributed by atoms with Crippen LogP contribution in [0, 0.1) is 28.6 Å². The van der Waals surface area contributed by atoms with E-state index >= 15 is 0 Å². The molecular formula is C21H31NO2. The van der Waals surface area contributed by atoms with Gasteiger partial charge in [-0.15, -0.1) is 0 Å². The third-order valence-electron chi connectivity index (χ3n) is 9.25. The second kappa shape index (κ2) is 4.54. The monoisotopic (exact) mass is 329 g/mol. The SMILES string of the molecule is CC(=O)[C@]12N[C@@H]1C[C@@H]1[C@H]3CC=C4C[C@@H](O)CC[C@]4(C)[C@@H]3CC[C@]12C. The van der Waals surface area contributed by atoms with Crippen molar-refractivity contribution in [1.29, 1.82) is 0 Å². The third-order valence-corrected chi connectivity index (χ3v) is 9.25. The number of Topliss-reactive ketones (excluding diaryl/α,β-unsaturated/α-hetero) is 1. The maximum absolute atomic E-state index is 12.5. The van der Waals surface area contributed by atoms with Crippen LogP contribution in [0.2, 0.25) is 0 Å². The molecule has 3 saturated carbocycles. The summed E-state index contributed by atoms with van der Waals surface area (Å²) in [7, 11) is 0. The Balaban J connectivity index is 1.51. The molecule has 0 radical (unpaired) electrons. The number of aliphatic hydroxyl groups excluding tert-OH is 1. The molecule has 5 rings (SSSR count). The maximum atomic E-state index is 12.5. The minimum atomic E-state index is -0.198. The van der Waals surface area contributed by atoms with E-state index in [0.29, 0.717) is 23.2 Å². The smallest absolute Gasteiger partial charge is 0.151 e. The molecule has 3 heteroatoms. The van der Waals surface area contributed by atoms with Gasteiger partial charge in [0.15, 0.2) is 5.78 Å². The van der Waals surface area contributed by atoms with Gasteiger partial charge in [-0.25, -0.2) is 0 Å². The number of allylic oxidation sites excluding steroid dienone is 1. The van der Waals surface area contributed by atoms with Gasteiger partial charge in [-0.1, -0.05) is 25.5 Å². The lowest BCUT2D eigenvalue weighted by molar-refractivity contribution is -0.126. The zero-order chi connectivity index (χ0) is 16.9. The summed E-state index contributed by atoms with van der Waals surface area (Å²) in [4.78, 5) is 12.5. The molecular weight excluding hydrogens is 298 g/mol. The van der Waals surface area contributed by atoms with Crippen LogP contribution in [-0.4, -0.2) is 28.6 Å². The maximum Gasteiger partial charge on any atom is 0.151 e. The lowest BCUT2D eigenvalue weighted by Crippen LogP contribution is -2.55. The van der Waals surface area contributed by atoms with Gasteiger partial charge in [-0.05, 0) is 80.5 Å². The van der Waals surface area contributed by atoms with Gasteiger partial charge in [0, 0.05) is 6.04 Å². The summed E-state index contributed by atoms with van der Waals surface area (Å²) in [6, 6.07) is 0.440. The number of hydrogen-bond acceptors (Lipinski definition) is 3. The van der Waals surface area contributed by atoms with E-state index < -0.39 is 0 Å². The van der Waals surface area contributed by atoms with Crippen molar-refractivity contribution in [3.63, 3.8) is 0 Å². The molecule has 0 aromatic heterocycles. The predicted octanol–water partition coefficient (Wildman–Crippen LogP) is 3.22. The quantitative estimate of drug-likeness (QED) is 0.573. The fourth-order valence-electron chi connectivity index (χ4n) is 7.92. The normalized spacial score (nSPS) is 58.0. The van der Waals surface area contributed by atoms with Crippen LogP contribution < -0.4 is 5.32 Å². The minimum absolute atomic E-state index is 0.126. The zero-order valence-electron chi connectivity index (χ0n) is 15.3. The number of carbonyl (C=O) groups is 1. The minimum Gasteiger partial charge on any atom is -0.393 e. The number of carbonyl (C=O) groups excluding carboxylic acids is 1.